The number of anilines is 1. The number of thiophene rings is 1. The van der Waals surface area contributed by atoms with E-state index < -0.39 is 5.91 Å². The quantitative estimate of drug-likeness (QED) is 0.403. The number of carbonyl (C=O) groups is 1. The van der Waals surface area contributed by atoms with Crippen LogP contribution in [0.5, 0.6) is 11.5 Å². The molecule has 6 nitrogen and oxygen atoms in total. The van der Waals surface area contributed by atoms with Gasteiger partial charge in [0.15, 0.2) is 11.5 Å². The maximum Gasteiger partial charge on any atom is 0.266 e. The minimum atomic E-state index is -0.572. The summed E-state index contributed by atoms with van der Waals surface area (Å²) in [6.07, 6.45) is 6.06. The second kappa shape index (κ2) is 10.5. The average molecular weight is 470 g/mol. The first kappa shape index (κ1) is 23.7. The molecule has 1 aliphatic rings. The van der Waals surface area contributed by atoms with Gasteiger partial charge in [-0.15, -0.1) is 11.3 Å². The van der Waals surface area contributed by atoms with E-state index in [1.807, 2.05) is 19.9 Å². The molecule has 1 aromatic carbocycles. The predicted octanol–water partition coefficient (Wildman–Crippen LogP) is 5.88. The minimum Gasteiger partial charge on any atom is -0.493 e. The molecular weight excluding hydrogens is 446 g/mol. The molecule has 0 fully saturated rings. The number of aryl methyl sites for hydroxylation is 1. The molecule has 0 saturated carbocycles. The molecule has 1 atom stereocenters. The van der Waals surface area contributed by atoms with Crippen molar-refractivity contribution in [3.63, 3.8) is 0 Å². The lowest BCUT2D eigenvalue weighted by Gasteiger charge is -2.17. The molecule has 0 unspecified atom stereocenters. The molecule has 166 valence electrons. The molecule has 1 heterocycles. The van der Waals surface area contributed by atoms with E-state index in [2.05, 4.69) is 11.4 Å². The topological polar surface area (TPSA) is 95.1 Å². The van der Waals surface area contributed by atoms with Crippen LogP contribution in [-0.2, 0) is 17.6 Å². The van der Waals surface area contributed by atoms with Crippen LogP contribution >= 0.6 is 22.9 Å². The summed E-state index contributed by atoms with van der Waals surface area (Å²) in [6, 6.07) is 7.44. The van der Waals surface area contributed by atoms with Crippen LogP contribution in [0.3, 0.4) is 0 Å². The average Bonchev–Trinajstić information content (AvgIpc) is 3.15. The van der Waals surface area contributed by atoms with E-state index in [4.69, 9.17) is 21.1 Å². The van der Waals surface area contributed by atoms with Gasteiger partial charge in [0.2, 0.25) is 0 Å². The molecular formula is C24H24ClN3O3S. The molecule has 0 radical (unpaired) electrons. The van der Waals surface area contributed by atoms with Gasteiger partial charge in [0.25, 0.3) is 5.91 Å². The van der Waals surface area contributed by atoms with E-state index in [0.29, 0.717) is 32.6 Å². The van der Waals surface area contributed by atoms with Crippen molar-refractivity contribution in [3.05, 3.63) is 44.3 Å². The fourth-order valence-corrected chi connectivity index (χ4v) is 4.98. The smallest absolute Gasteiger partial charge is 0.266 e. The molecule has 1 amide bonds. The Hall–Kier alpha value is -3.00. The number of halogens is 1. The number of amides is 1. The van der Waals surface area contributed by atoms with Gasteiger partial charge in [-0.2, -0.15) is 10.5 Å². The number of ether oxygens (including phenoxy) is 2. The molecule has 1 aliphatic carbocycles. The Labute approximate surface area is 197 Å². The van der Waals surface area contributed by atoms with Crippen LogP contribution in [0, 0.1) is 22.7 Å². The zero-order valence-corrected chi connectivity index (χ0v) is 19.8. The fourth-order valence-electron chi connectivity index (χ4n) is 3.48. The Balaban J connectivity index is 1.89. The molecule has 0 aliphatic heterocycles. The van der Waals surface area contributed by atoms with Gasteiger partial charge in [-0.05, 0) is 68.4 Å². The molecule has 3 rings (SSSR count). The van der Waals surface area contributed by atoms with Crippen LogP contribution in [-0.4, -0.2) is 19.1 Å². The van der Waals surface area contributed by atoms with Crippen LogP contribution in [0.25, 0.3) is 6.08 Å². The molecule has 8 heteroatoms. The van der Waals surface area contributed by atoms with E-state index in [9.17, 15) is 15.3 Å². The molecule has 0 bridgehead atoms. The maximum absolute atomic E-state index is 12.8. The third kappa shape index (κ3) is 5.07. The Bertz CT molecular complexity index is 1140. The Morgan fingerprint density at radius 3 is 2.75 bits per heavy atom. The van der Waals surface area contributed by atoms with E-state index in [1.54, 1.807) is 12.1 Å². The van der Waals surface area contributed by atoms with Crippen molar-refractivity contribution in [3.8, 4) is 23.6 Å². The summed E-state index contributed by atoms with van der Waals surface area (Å²) in [5, 5.41) is 22.8. The third-order valence-corrected chi connectivity index (χ3v) is 6.82. The molecule has 0 spiro atoms. The number of nitrogens with zero attached hydrogens (tertiary/aromatic N) is 2. The number of carbonyl (C=O) groups excluding carboxylic acids is 1. The first-order valence-corrected chi connectivity index (χ1v) is 11.6. The number of hydrogen-bond donors (Lipinski definition) is 1. The Kier molecular flexibility index (Phi) is 7.80. The highest BCUT2D eigenvalue weighted by Gasteiger charge is 2.23. The van der Waals surface area contributed by atoms with Gasteiger partial charge in [-0.3, -0.25) is 4.79 Å². The van der Waals surface area contributed by atoms with Crippen LogP contribution in [0.1, 0.15) is 54.7 Å². The second-order valence-electron chi connectivity index (χ2n) is 7.52. The summed E-state index contributed by atoms with van der Waals surface area (Å²) in [5.41, 5.74) is 1.96. The van der Waals surface area contributed by atoms with E-state index >= 15 is 0 Å². The number of hydrogen-bond acceptors (Lipinski definition) is 6. The molecule has 1 N–H and O–H groups in total. The van der Waals surface area contributed by atoms with Crippen molar-refractivity contribution in [2.45, 2.75) is 52.1 Å². The maximum atomic E-state index is 12.8. The predicted molar refractivity (Wildman–Crippen MR) is 126 cm³/mol. The van der Waals surface area contributed by atoms with E-state index in [0.717, 1.165) is 42.5 Å². The van der Waals surface area contributed by atoms with Crippen molar-refractivity contribution in [2.75, 3.05) is 12.4 Å². The van der Waals surface area contributed by atoms with Gasteiger partial charge < -0.3 is 14.8 Å². The lowest BCUT2D eigenvalue weighted by molar-refractivity contribution is -0.112. The number of nitrogens with one attached hydrogen (secondary N) is 1. The van der Waals surface area contributed by atoms with Crippen molar-refractivity contribution in [2.24, 2.45) is 0 Å². The normalized spacial score (nSPS) is 14.0. The molecule has 1 aromatic heterocycles. The molecule has 2 aromatic rings. The van der Waals surface area contributed by atoms with Gasteiger partial charge in [-0.25, -0.2) is 0 Å². The monoisotopic (exact) mass is 469 g/mol. The largest absolute Gasteiger partial charge is 0.493 e. The van der Waals surface area contributed by atoms with Gasteiger partial charge >= 0.3 is 0 Å². The molecule has 0 saturated heterocycles. The van der Waals surface area contributed by atoms with Gasteiger partial charge in [0.05, 0.1) is 23.8 Å². The summed E-state index contributed by atoms with van der Waals surface area (Å²) in [6.45, 7) is 3.93. The zero-order valence-electron chi connectivity index (χ0n) is 18.3. The third-order valence-electron chi connectivity index (χ3n) is 5.33. The SMILES string of the molecule is CC[C@@H](C)Oc1c(Cl)cc(/C=C(\C#N)C(=O)Nc2sc3c(c2C#N)CCCC3)cc1OC. The first-order chi connectivity index (χ1) is 15.4. The summed E-state index contributed by atoms with van der Waals surface area (Å²) in [7, 11) is 1.50. The van der Waals surface area contributed by atoms with Crippen molar-refractivity contribution in [1.82, 2.24) is 0 Å². The number of benzene rings is 1. The van der Waals surface area contributed by atoms with Crippen molar-refractivity contribution >= 4 is 39.9 Å². The highest BCUT2D eigenvalue weighted by Crippen LogP contribution is 2.39. The fraction of sp³-hybridized carbons (Fsp3) is 0.375. The highest BCUT2D eigenvalue weighted by atomic mass is 35.5. The van der Waals surface area contributed by atoms with Crippen LogP contribution < -0.4 is 14.8 Å². The molecule has 32 heavy (non-hydrogen) atoms. The summed E-state index contributed by atoms with van der Waals surface area (Å²) >= 11 is 7.81. The first-order valence-electron chi connectivity index (χ1n) is 10.4. The van der Waals surface area contributed by atoms with E-state index in [-0.39, 0.29) is 11.7 Å². The minimum absolute atomic E-state index is 0.0470. The zero-order chi connectivity index (χ0) is 23.3. The summed E-state index contributed by atoms with van der Waals surface area (Å²) < 4.78 is 11.2. The second-order valence-corrected chi connectivity index (χ2v) is 9.03. The Morgan fingerprint density at radius 2 is 2.09 bits per heavy atom. The number of nitriles is 2. The van der Waals surface area contributed by atoms with E-state index in [1.165, 1.54) is 24.5 Å². The van der Waals surface area contributed by atoms with Crippen LogP contribution in [0.2, 0.25) is 5.02 Å². The highest BCUT2D eigenvalue weighted by molar-refractivity contribution is 7.16. The number of fused-ring (bicyclic) bond motifs is 1. The lowest BCUT2D eigenvalue weighted by Crippen LogP contribution is -2.13. The van der Waals surface area contributed by atoms with Crippen LogP contribution in [0.4, 0.5) is 5.00 Å². The van der Waals surface area contributed by atoms with Gasteiger partial charge in [0, 0.05) is 4.88 Å². The standard InChI is InChI=1S/C24H24ClN3O3S/c1-4-14(2)31-22-19(25)10-15(11-20(22)30-3)9-16(12-26)23(29)28-24-18(13-27)17-7-5-6-8-21(17)32-24/h9-11,14H,4-8H2,1-3H3,(H,28,29)/b16-9+/t14-/m1/s1. The number of methoxy groups -OCH3 is 1. The van der Waals surface area contributed by atoms with Crippen molar-refractivity contribution in [1.29, 1.82) is 10.5 Å². The lowest BCUT2D eigenvalue weighted by atomic mass is 9.96. The Morgan fingerprint density at radius 1 is 1.34 bits per heavy atom. The summed E-state index contributed by atoms with van der Waals surface area (Å²) in [4.78, 5) is 14.0. The summed E-state index contributed by atoms with van der Waals surface area (Å²) in [5.74, 6) is 0.267. The van der Waals surface area contributed by atoms with Crippen molar-refractivity contribution < 1.29 is 14.3 Å². The van der Waals surface area contributed by atoms with Gasteiger partial charge in [0.1, 0.15) is 22.7 Å². The van der Waals surface area contributed by atoms with Gasteiger partial charge in [-0.1, -0.05) is 18.5 Å². The number of rotatable bonds is 7. The van der Waals surface area contributed by atoms with Crippen LogP contribution in [0.15, 0.2) is 17.7 Å².